The summed E-state index contributed by atoms with van der Waals surface area (Å²) in [6.45, 7) is 1.84. The SMILES string of the molecule is CN(CC1CCCC1)CC1(C(=O)O)CCCC1. The van der Waals surface area contributed by atoms with E-state index in [1.807, 2.05) is 0 Å². The minimum absolute atomic E-state index is 0.437. The summed E-state index contributed by atoms with van der Waals surface area (Å²) in [6.07, 6.45) is 9.32. The van der Waals surface area contributed by atoms with Crippen LogP contribution in [0.4, 0.5) is 0 Å². The predicted molar refractivity (Wildman–Crippen MR) is 68.0 cm³/mol. The molecule has 2 saturated carbocycles. The summed E-state index contributed by atoms with van der Waals surface area (Å²) in [4.78, 5) is 13.7. The molecule has 0 amide bonds. The Balaban J connectivity index is 1.86. The number of carboxylic acid groups (broad SMARTS) is 1. The van der Waals surface area contributed by atoms with Gasteiger partial charge in [0, 0.05) is 13.1 Å². The van der Waals surface area contributed by atoms with Crippen molar-refractivity contribution in [3.8, 4) is 0 Å². The van der Waals surface area contributed by atoms with Crippen molar-refractivity contribution >= 4 is 5.97 Å². The van der Waals surface area contributed by atoms with Crippen LogP contribution in [-0.2, 0) is 4.79 Å². The highest BCUT2D eigenvalue weighted by atomic mass is 16.4. The largest absolute Gasteiger partial charge is 0.481 e. The van der Waals surface area contributed by atoms with Crippen molar-refractivity contribution in [2.45, 2.75) is 51.4 Å². The molecule has 1 N–H and O–H groups in total. The van der Waals surface area contributed by atoms with E-state index in [0.717, 1.165) is 44.7 Å². The van der Waals surface area contributed by atoms with Crippen molar-refractivity contribution in [2.75, 3.05) is 20.1 Å². The second kappa shape index (κ2) is 5.38. The summed E-state index contributed by atoms with van der Waals surface area (Å²) in [5.41, 5.74) is -0.437. The molecule has 0 aromatic rings. The van der Waals surface area contributed by atoms with Gasteiger partial charge in [-0.25, -0.2) is 0 Å². The monoisotopic (exact) mass is 239 g/mol. The molecule has 17 heavy (non-hydrogen) atoms. The minimum atomic E-state index is -0.576. The maximum atomic E-state index is 11.5. The summed E-state index contributed by atoms with van der Waals surface area (Å²) < 4.78 is 0. The number of rotatable bonds is 5. The van der Waals surface area contributed by atoms with Gasteiger partial charge in [0.2, 0.25) is 0 Å². The van der Waals surface area contributed by atoms with Crippen molar-refractivity contribution < 1.29 is 9.90 Å². The van der Waals surface area contributed by atoms with Crippen molar-refractivity contribution in [1.29, 1.82) is 0 Å². The molecule has 2 aliphatic rings. The maximum absolute atomic E-state index is 11.5. The van der Waals surface area contributed by atoms with Gasteiger partial charge in [-0.05, 0) is 38.6 Å². The quantitative estimate of drug-likeness (QED) is 0.802. The molecule has 2 fully saturated rings. The Bertz CT molecular complexity index is 265. The van der Waals surface area contributed by atoms with Gasteiger partial charge in [-0.15, -0.1) is 0 Å². The van der Waals surface area contributed by atoms with Gasteiger partial charge in [0.05, 0.1) is 5.41 Å². The average Bonchev–Trinajstić information content (AvgIpc) is 2.89. The maximum Gasteiger partial charge on any atom is 0.310 e. The Labute approximate surface area is 104 Å². The topological polar surface area (TPSA) is 40.5 Å². The third-order valence-electron chi connectivity index (χ3n) is 4.63. The molecule has 0 unspecified atom stereocenters. The molecule has 0 aromatic carbocycles. The Hall–Kier alpha value is -0.570. The van der Waals surface area contributed by atoms with Gasteiger partial charge in [-0.1, -0.05) is 25.7 Å². The van der Waals surface area contributed by atoms with Crippen molar-refractivity contribution in [3.63, 3.8) is 0 Å². The lowest BCUT2D eigenvalue weighted by atomic mass is 9.85. The summed E-state index contributed by atoms with van der Waals surface area (Å²) in [7, 11) is 2.10. The Kier molecular flexibility index (Phi) is 4.08. The molecular weight excluding hydrogens is 214 g/mol. The van der Waals surface area contributed by atoms with Gasteiger partial charge < -0.3 is 10.0 Å². The zero-order valence-electron chi connectivity index (χ0n) is 11.0. The van der Waals surface area contributed by atoms with Crippen molar-refractivity contribution in [3.05, 3.63) is 0 Å². The van der Waals surface area contributed by atoms with Crippen LogP contribution >= 0.6 is 0 Å². The lowest BCUT2D eigenvalue weighted by Gasteiger charge is -2.31. The van der Waals surface area contributed by atoms with Crippen LogP contribution in [0.2, 0.25) is 0 Å². The molecule has 0 atom stereocenters. The zero-order valence-corrected chi connectivity index (χ0v) is 11.0. The minimum Gasteiger partial charge on any atom is -0.481 e. The Morgan fingerprint density at radius 3 is 2.35 bits per heavy atom. The lowest BCUT2D eigenvalue weighted by Crippen LogP contribution is -2.41. The molecule has 0 aromatic heterocycles. The second-order valence-electron chi connectivity index (χ2n) is 6.14. The first-order valence-corrected chi connectivity index (χ1v) is 7.04. The van der Waals surface area contributed by atoms with Crippen LogP contribution in [0.5, 0.6) is 0 Å². The predicted octanol–water partition coefficient (Wildman–Crippen LogP) is 2.75. The molecular formula is C14H25NO2. The molecule has 3 heteroatoms. The molecule has 98 valence electrons. The first kappa shape index (κ1) is 12.9. The zero-order chi connectivity index (χ0) is 12.3. The third kappa shape index (κ3) is 3.01. The van der Waals surface area contributed by atoms with E-state index in [1.54, 1.807) is 0 Å². The van der Waals surface area contributed by atoms with E-state index >= 15 is 0 Å². The number of aliphatic carboxylic acids is 1. The highest BCUT2D eigenvalue weighted by Gasteiger charge is 2.42. The van der Waals surface area contributed by atoms with E-state index in [2.05, 4.69) is 11.9 Å². The van der Waals surface area contributed by atoms with Crippen LogP contribution in [0.1, 0.15) is 51.4 Å². The van der Waals surface area contributed by atoms with Gasteiger partial charge >= 0.3 is 5.97 Å². The molecule has 0 aliphatic heterocycles. The molecule has 0 spiro atoms. The first-order valence-electron chi connectivity index (χ1n) is 7.04. The van der Waals surface area contributed by atoms with E-state index < -0.39 is 11.4 Å². The normalized spacial score (nSPS) is 24.6. The van der Waals surface area contributed by atoms with Gasteiger partial charge in [-0.3, -0.25) is 4.79 Å². The van der Waals surface area contributed by atoms with E-state index in [9.17, 15) is 9.90 Å². The smallest absolute Gasteiger partial charge is 0.310 e. The fourth-order valence-electron chi connectivity index (χ4n) is 3.71. The van der Waals surface area contributed by atoms with E-state index in [-0.39, 0.29) is 0 Å². The van der Waals surface area contributed by atoms with Gasteiger partial charge in [-0.2, -0.15) is 0 Å². The van der Waals surface area contributed by atoms with Gasteiger partial charge in [0.15, 0.2) is 0 Å². The van der Waals surface area contributed by atoms with Crippen LogP contribution in [0.3, 0.4) is 0 Å². The molecule has 0 heterocycles. The Morgan fingerprint density at radius 1 is 1.24 bits per heavy atom. The van der Waals surface area contributed by atoms with Crippen LogP contribution in [0.15, 0.2) is 0 Å². The number of nitrogens with zero attached hydrogens (tertiary/aromatic N) is 1. The fourth-order valence-corrected chi connectivity index (χ4v) is 3.71. The summed E-state index contributed by atoms with van der Waals surface area (Å²) in [5, 5.41) is 9.45. The van der Waals surface area contributed by atoms with Gasteiger partial charge in [0.1, 0.15) is 0 Å². The standard InChI is InChI=1S/C14H25NO2/c1-15(10-12-6-2-3-7-12)11-14(13(16)17)8-4-5-9-14/h12H,2-11H2,1H3,(H,16,17). The molecule has 0 radical (unpaired) electrons. The molecule has 2 rings (SSSR count). The molecule has 2 aliphatic carbocycles. The Morgan fingerprint density at radius 2 is 1.82 bits per heavy atom. The highest BCUT2D eigenvalue weighted by Crippen LogP contribution is 2.39. The van der Waals surface area contributed by atoms with E-state index in [0.29, 0.717) is 0 Å². The fraction of sp³-hybridized carbons (Fsp3) is 0.929. The van der Waals surface area contributed by atoms with Crippen LogP contribution < -0.4 is 0 Å². The van der Waals surface area contributed by atoms with Gasteiger partial charge in [0.25, 0.3) is 0 Å². The number of hydrogen-bond acceptors (Lipinski definition) is 2. The van der Waals surface area contributed by atoms with E-state index in [4.69, 9.17) is 0 Å². The summed E-state index contributed by atoms with van der Waals surface area (Å²) in [5.74, 6) is 0.237. The van der Waals surface area contributed by atoms with E-state index in [1.165, 1.54) is 25.7 Å². The average molecular weight is 239 g/mol. The lowest BCUT2D eigenvalue weighted by molar-refractivity contribution is -0.149. The van der Waals surface area contributed by atoms with Crippen LogP contribution in [0, 0.1) is 11.3 Å². The molecule has 0 saturated heterocycles. The third-order valence-corrected chi connectivity index (χ3v) is 4.63. The highest BCUT2D eigenvalue weighted by molar-refractivity contribution is 5.75. The number of carboxylic acids is 1. The van der Waals surface area contributed by atoms with Crippen LogP contribution in [0.25, 0.3) is 0 Å². The molecule has 0 bridgehead atoms. The summed E-state index contributed by atoms with van der Waals surface area (Å²) in [6, 6.07) is 0. The second-order valence-corrected chi connectivity index (χ2v) is 6.14. The number of carbonyl (C=O) groups is 1. The number of hydrogen-bond donors (Lipinski definition) is 1. The van der Waals surface area contributed by atoms with Crippen molar-refractivity contribution in [2.24, 2.45) is 11.3 Å². The molecule has 3 nitrogen and oxygen atoms in total. The first-order chi connectivity index (χ1) is 8.12. The van der Waals surface area contributed by atoms with Crippen LogP contribution in [-0.4, -0.2) is 36.1 Å². The van der Waals surface area contributed by atoms with Crippen molar-refractivity contribution in [1.82, 2.24) is 4.90 Å². The summed E-state index contributed by atoms with van der Waals surface area (Å²) >= 11 is 0.